The van der Waals surface area contributed by atoms with Crippen LogP contribution in [0.4, 0.5) is 15.8 Å². The van der Waals surface area contributed by atoms with Crippen LogP contribution >= 0.6 is 0 Å². The number of hydrogen-bond acceptors (Lipinski definition) is 4. The molecule has 0 spiro atoms. The first-order valence-electron chi connectivity index (χ1n) is 5.83. The number of benzene rings is 1. The van der Waals surface area contributed by atoms with Gasteiger partial charge in [-0.25, -0.2) is 4.39 Å². The standard InChI is InChI=1S/C12H15FN4O2/c13-8-4-9(14)7(12(16)19)3-10(8)17-2-1-6(5-17)11(15)18/h3-4,6H,1-2,5,14H2,(H2,15,18)(H2,16,19). The van der Waals surface area contributed by atoms with Crippen molar-refractivity contribution in [1.29, 1.82) is 0 Å². The third-order valence-corrected chi connectivity index (χ3v) is 3.32. The van der Waals surface area contributed by atoms with Crippen molar-refractivity contribution in [3.8, 4) is 0 Å². The summed E-state index contributed by atoms with van der Waals surface area (Å²) in [5.74, 6) is -1.99. The molecule has 1 unspecified atom stereocenters. The van der Waals surface area contributed by atoms with Crippen LogP contribution in [0.5, 0.6) is 0 Å². The summed E-state index contributed by atoms with van der Waals surface area (Å²) in [6.45, 7) is 0.820. The molecule has 1 fully saturated rings. The van der Waals surface area contributed by atoms with Gasteiger partial charge in [0.2, 0.25) is 5.91 Å². The number of carbonyl (C=O) groups excluding carboxylic acids is 2. The molecule has 2 rings (SSSR count). The minimum absolute atomic E-state index is 0.000557. The van der Waals surface area contributed by atoms with Gasteiger partial charge in [0.15, 0.2) is 0 Å². The van der Waals surface area contributed by atoms with E-state index in [0.29, 0.717) is 19.5 Å². The minimum atomic E-state index is -0.718. The summed E-state index contributed by atoms with van der Waals surface area (Å²) < 4.78 is 13.9. The summed E-state index contributed by atoms with van der Waals surface area (Å²) in [6, 6.07) is 2.38. The zero-order valence-electron chi connectivity index (χ0n) is 10.2. The van der Waals surface area contributed by atoms with E-state index in [2.05, 4.69) is 0 Å². The van der Waals surface area contributed by atoms with Gasteiger partial charge in [-0.15, -0.1) is 0 Å². The number of rotatable bonds is 3. The van der Waals surface area contributed by atoms with Crippen molar-refractivity contribution in [2.24, 2.45) is 17.4 Å². The fraction of sp³-hybridized carbons (Fsp3) is 0.333. The Bertz CT molecular complexity index is 547. The molecule has 2 amide bonds. The first-order chi connectivity index (χ1) is 8.90. The van der Waals surface area contributed by atoms with Gasteiger partial charge in [-0.2, -0.15) is 0 Å². The topological polar surface area (TPSA) is 115 Å². The van der Waals surface area contributed by atoms with E-state index in [-0.39, 0.29) is 22.9 Å². The largest absolute Gasteiger partial charge is 0.398 e. The predicted molar refractivity (Wildman–Crippen MR) is 68.8 cm³/mol. The van der Waals surface area contributed by atoms with Gasteiger partial charge in [0.05, 0.1) is 17.2 Å². The molecule has 19 heavy (non-hydrogen) atoms. The molecule has 0 aromatic heterocycles. The van der Waals surface area contributed by atoms with Crippen LogP contribution < -0.4 is 22.1 Å². The monoisotopic (exact) mass is 266 g/mol. The molecule has 102 valence electrons. The third kappa shape index (κ3) is 2.44. The number of halogens is 1. The highest BCUT2D eigenvalue weighted by molar-refractivity contribution is 5.99. The van der Waals surface area contributed by atoms with Crippen molar-refractivity contribution < 1.29 is 14.0 Å². The zero-order valence-corrected chi connectivity index (χ0v) is 10.2. The van der Waals surface area contributed by atoms with Crippen LogP contribution in [0, 0.1) is 11.7 Å². The summed E-state index contributed by atoms with van der Waals surface area (Å²) in [4.78, 5) is 24.0. The van der Waals surface area contributed by atoms with Gasteiger partial charge in [-0.05, 0) is 18.6 Å². The Labute approximate surface area is 109 Å². The molecule has 1 aliphatic rings. The second-order valence-electron chi connectivity index (χ2n) is 4.59. The smallest absolute Gasteiger partial charge is 0.250 e. The van der Waals surface area contributed by atoms with Gasteiger partial charge < -0.3 is 22.1 Å². The normalized spacial score (nSPS) is 18.6. The van der Waals surface area contributed by atoms with Crippen LogP contribution in [0.1, 0.15) is 16.8 Å². The molecule has 1 aromatic carbocycles. The third-order valence-electron chi connectivity index (χ3n) is 3.32. The van der Waals surface area contributed by atoms with Crippen molar-refractivity contribution in [3.05, 3.63) is 23.5 Å². The maximum absolute atomic E-state index is 13.9. The van der Waals surface area contributed by atoms with Crippen LogP contribution in [-0.4, -0.2) is 24.9 Å². The molecule has 6 N–H and O–H groups in total. The van der Waals surface area contributed by atoms with Crippen LogP contribution in [0.15, 0.2) is 12.1 Å². The van der Waals surface area contributed by atoms with Crippen LogP contribution in [0.2, 0.25) is 0 Å². The lowest BCUT2D eigenvalue weighted by molar-refractivity contribution is -0.121. The van der Waals surface area contributed by atoms with E-state index in [9.17, 15) is 14.0 Å². The minimum Gasteiger partial charge on any atom is -0.398 e. The van der Waals surface area contributed by atoms with Gasteiger partial charge in [0.1, 0.15) is 5.82 Å². The highest BCUT2D eigenvalue weighted by Crippen LogP contribution is 2.29. The van der Waals surface area contributed by atoms with Crippen molar-refractivity contribution in [2.45, 2.75) is 6.42 Å². The molecule has 7 heteroatoms. The molecule has 0 aliphatic carbocycles. The van der Waals surface area contributed by atoms with E-state index < -0.39 is 17.6 Å². The molecular formula is C12H15FN4O2. The van der Waals surface area contributed by atoms with E-state index in [4.69, 9.17) is 17.2 Å². The number of nitrogen functional groups attached to an aromatic ring is 1. The van der Waals surface area contributed by atoms with Crippen LogP contribution in [0.25, 0.3) is 0 Å². The molecule has 1 aliphatic heterocycles. The highest BCUT2D eigenvalue weighted by Gasteiger charge is 2.28. The van der Waals surface area contributed by atoms with Crippen molar-refractivity contribution >= 4 is 23.2 Å². The molecule has 0 radical (unpaired) electrons. The molecule has 0 bridgehead atoms. The van der Waals surface area contributed by atoms with Crippen molar-refractivity contribution in [1.82, 2.24) is 0 Å². The van der Waals surface area contributed by atoms with Gasteiger partial charge >= 0.3 is 0 Å². The average molecular weight is 266 g/mol. The molecule has 1 atom stereocenters. The average Bonchev–Trinajstić information content (AvgIpc) is 2.77. The lowest BCUT2D eigenvalue weighted by Crippen LogP contribution is -2.28. The molecule has 6 nitrogen and oxygen atoms in total. The predicted octanol–water partition coefficient (Wildman–Crippen LogP) is -0.182. The quantitative estimate of drug-likeness (QED) is 0.658. The van der Waals surface area contributed by atoms with Gasteiger partial charge in [-0.3, -0.25) is 9.59 Å². The van der Waals surface area contributed by atoms with E-state index >= 15 is 0 Å². The zero-order chi connectivity index (χ0) is 14.2. The number of amides is 2. The van der Waals surface area contributed by atoms with Crippen LogP contribution in [0.3, 0.4) is 0 Å². The van der Waals surface area contributed by atoms with Gasteiger partial charge in [0.25, 0.3) is 5.91 Å². The molecule has 1 heterocycles. The Morgan fingerprint density at radius 1 is 1.32 bits per heavy atom. The van der Waals surface area contributed by atoms with E-state index in [0.717, 1.165) is 6.07 Å². The lowest BCUT2D eigenvalue weighted by atomic mass is 10.1. The number of carbonyl (C=O) groups is 2. The van der Waals surface area contributed by atoms with Crippen molar-refractivity contribution in [2.75, 3.05) is 23.7 Å². The summed E-state index contributed by atoms with van der Waals surface area (Å²) in [7, 11) is 0. The van der Waals surface area contributed by atoms with Gasteiger partial charge in [0, 0.05) is 18.8 Å². The van der Waals surface area contributed by atoms with Crippen molar-refractivity contribution in [3.63, 3.8) is 0 Å². The Morgan fingerprint density at radius 2 is 2.00 bits per heavy atom. The molecular weight excluding hydrogens is 251 g/mol. The fourth-order valence-electron chi connectivity index (χ4n) is 2.24. The second-order valence-corrected chi connectivity index (χ2v) is 4.59. The maximum Gasteiger partial charge on any atom is 0.250 e. The first-order valence-corrected chi connectivity index (χ1v) is 5.83. The van der Waals surface area contributed by atoms with Gasteiger partial charge in [-0.1, -0.05) is 0 Å². The lowest BCUT2D eigenvalue weighted by Gasteiger charge is -2.20. The number of hydrogen-bond donors (Lipinski definition) is 3. The summed E-state index contributed by atoms with van der Waals surface area (Å²) in [5.41, 5.74) is 16.2. The Hall–Kier alpha value is -2.31. The fourth-order valence-corrected chi connectivity index (χ4v) is 2.24. The van der Waals surface area contributed by atoms with Crippen LogP contribution in [-0.2, 0) is 4.79 Å². The summed E-state index contributed by atoms with van der Waals surface area (Å²) in [6.07, 6.45) is 0.561. The van der Waals surface area contributed by atoms with E-state index in [1.54, 1.807) is 4.90 Å². The molecule has 1 aromatic rings. The number of primary amides is 2. The Balaban J connectivity index is 2.33. The van der Waals surface area contributed by atoms with E-state index in [1.807, 2.05) is 0 Å². The number of nitrogens with two attached hydrogens (primary N) is 3. The number of nitrogens with zero attached hydrogens (tertiary/aromatic N) is 1. The highest BCUT2D eigenvalue weighted by atomic mass is 19.1. The molecule has 1 saturated heterocycles. The SMILES string of the molecule is NC(=O)c1cc(N2CCC(C(N)=O)C2)c(F)cc1N. The maximum atomic E-state index is 13.9. The Morgan fingerprint density at radius 3 is 2.53 bits per heavy atom. The number of anilines is 2. The molecule has 0 saturated carbocycles. The summed E-state index contributed by atoms with van der Waals surface area (Å²) >= 11 is 0. The first kappa shape index (κ1) is 13.1. The second kappa shape index (κ2) is 4.75. The Kier molecular flexibility index (Phi) is 3.28. The van der Waals surface area contributed by atoms with E-state index in [1.165, 1.54) is 6.07 Å². The summed E-state index contributed by atoms with van der Waals surface area (Å²) in [5, 5.41) is 0.